The summed E-state index contributed by atoms with van der Waals surface area (Å²) in [5.41, 5.74) is 19.9. The van der Waals surface area contributed by atoms with Crippen LogP contribution in [0, 0.1) is 5.41 Å². The zero-order chi connectivity index (χ0) is 15.8. The Morgan fingerprint density at radius 1 is 0.850 bits per heavy atom. The van der Waals surface area contributed by atoms with Gasteiger partial charge in [-0.25, -0.2) is 0 Å². The molecule has 0 unspecified atom stereocenters. The number of amidine groups is 3. The molecule has 11 heteroatoms. The molecule has 0 heterocycles. The lowest BCUT2D eigenvalue weighted by Crippen LogP contribution is -2.48. The molecule has 0 aliphatic carbocycles. The van der Waals surface area contributed by atoms with Crippen LogP contribution in [0.1, 0.15) is 25.7 Å². The molecule has 0 aliphatic rings. The highest BCUT2D eigenvalue weighted by molar-refractivity contribution is 6.06. The number of rotatable bonds is 8. The van der Waals surface area contributed by atoms with E-state index in [2.05, 4.69) is 15.5 Å². The number of nitrogens with zero attached hydrogens (tertiary/aromatic N) is 3. The first-order chi connectivity index (χ1) is 9.33. The minimum Gasteiger partial charge on any atom is -0.409 e. The van der Waals surface area contributed by atoms with Gasteiger partial charge < -0.3 is 38.6 Å². The number of nitrogens with two attached hydrogens (primary N) is 4. The van der Waals surface area contributed by atoms with Gasteiger partial charge in [-0.2, -0.15) is 0 Å². The van der Waals surface area contributed by atoms with Crippen LogP contribution in [0.4, 0.5) is 0 Å². The number of oxime groups is 3. The number of amides is 1. The maximum atomic E-state index is 11.7. The second kappa shape index (κ2) is 7.66. The Morgan fingerprint density at radius 2 is 1.25 bits per heavy atom. The van der Waals surface area contributed by atoms with Crippen molar-refractivity contribution in [3.63, 3.8) is 0 Å². The monoisotopic (exact) mass is 289 g/mol. The van der Waals surface area contributed by atoms with E-state index in [9.17, 15) is 4.79 Å². The molecule has 0 saturated heterocycles. The van der Waals surface area contributed by atoms with E-state index in [-0.39, 0.29) is 37.4 Å². The predicted octanol–water partition coefficient (Wildman–Crippen LogP) is -1.74. The number of carbonyl (C=O) groups is 1. The maximum Gasteiger partial charge on any atom is 0.231 e. The fourth-order valence-electron chi connectivity index (χ4n) is 1.63. The third kappa shape index (κ3) is 4.19. The van der Waals surface area contributed by atoms with E-state index in [0.717, 1.165) is 0 Å². The molecule has 0 bridgehead atoms. The van der Waals surface area contributed by atoms with Crippen LogP contribution in [0.25, 0.3) is 0 Å². The first kappa shape index (κ1) is 17.3. The number of carbonyl (C=O) groups excluding carboxylic acids is 1. The van der Waals surface area contributed by atoms with Gasteiger partial charge in [-0.15, -0.1) is 0 Å². The average molecular weight is 289 g/mol. The summed E-state index contributed by atoms with van der Waals surface area (Å²) in [7, 11) is 0. The van der Waals surface area contributed by atoms with E-state index in [1.807, 2.05) is 0 Å². The van der Waals surface area contributed by atoms with Gasteiger partial charge in [-0.3, -0.25) is 4.79 Å². The minimum atomic E-state index is -1.56. The molecule has 11 N–H and O–H groups in total. The van der Waals surface area contributed by atoms with Crippen molar-refractivity contribution >= 4 is 23.4 Å². The second-order valence-corrected chi connectivity index (χ2v) is 4.11. The molecular weight excluding hydrogens is 270 g/mol. The van der Waals surface area contributed by atoms with Crippen LogP contribution in [0.15, 0.2) is 15.5 Å². The molecular formula is C9H19N7O4. The van der Waals surface area contributed by atoms with Gasteiger partial charge >= 0.3 is 0 Å². The number of hydrogen-bond donors (Lipinski definition) is 7. The molecule has 0 fully saturated rings. The molecule has 0 radical (unpaired) electrons. The molecule has 0 rings (SSSR count). The lowest BCUT2D eigenvalue weighted by molar-refractivity contribution is -0.124. The summed E-state index contributed by atoms with van der Waals surface area (Å²) in [6.45, 7) is 0. The van der Waals surface area contributed by atoms with Gasteiger partial charge in [-0.05, 0) is 12.8 Å². The Bertz CT molecular complexity index is 410. The summed E-state index contributed by atoms with van der Waals surface area (Å²) < 4.78 is 0. The van der Waals surface area contributed by atoms with Crippen molar-refractivity contribution in [1.29, 1.82) is 0 Å². The zero-order valence-corrected chi connectivity index (χ0v) is 10.7. The van der Waals surface area contributed by atoms with E-state index in [1.54, 1.807) is 0 Å². The van der Waals surface area contributed by atoms with Gasteiger partial charge in [0, 0.05) is 12.8 Å². The van der Waals surface area contributed by atoms with Gasteiger partial charge in [0.2, 0.25) is 5.91 Å². The molecule has 0 aromatic carbocycles. The van der Waals surface area contributed by atoms with Crippen molar-refractivity contribution in [3.8, 4) is 0 Å². The van der Waals surface area contributed by atoms with Gasteiger partial charge in [-0.1, -0.05) is 15.5 Å². The zero-order valence-electron chi connectivity index (χ0n) is 10.7. The van der Waals surface area contributed by atoms with Crippen molar-refractivity contribution in [3.05, 3.63) is 0 Å². The third-order valence-corrected chi connectivity index (χ3v) is 2.94. The highest BCUT2D eigenvalue weighted by Crippen LogP contribution is 2.30. The largest absolute Gasteiger partial charge is 0.409 e. The van der Waals surface area contributed by atoms with Gasteiger partial charge in [0.15, 0.2) is 5.84 Å². The van der Waals surface area contributed by atoms with E-state index in [0.29, 0.717) is 0 Å². The lowest BCUT2D eigenvalue weighted by atomic mass is 9.76. The van der Waals surface area contributed by atoms with Crippen LogP contribution < -0.4 is 22.9 Å². The van der Waals surface area contributed by atoms with Crippen LogP contribution in [0.5, 0.6) is 0 Å². The Labute approximate surface area is 114 Å². The van der Waals surface area contributed by atoms with Gasteiger partial charge in [0.1, 0.15) is 17.1 Å². The average Bonchev–Trinajstić information content (AvgIpc) is 2.45. The van der Waals surface area contributed by atoms with E-state index >= 15 is 0 Å². The number of hydrogen-bond acceptors (Lipinski definition) is 7. The summed E-state index contributed by atoms with van der Waals surface area (Å²) in [4.78, 5) is 11.7. The smallest absolute Gasteiger partial charge is 0.231 e. The molecule has 0 atom stereocenters. The van der Waals surface area contributed by atoms with Crippen LogP contribution in [0.3, 0.4) is 0 Å². The SMILES string of the molecule is NC(=O)C(CCC(N)=NO)(CCC(N)=NO)C(N)=NO. The molecule has 0 saturated carbocycles. The van der Waals surface area contributed by atoms with Crippen LogP contribution in [0.2, 0.25) is 0 Å². The van der Waals surface area contributed by atoms with Crippen molar-refractivity contribution in [2.45, 2.75) is 25.7 Å². The first-order valence-electron chi connectivity index (χ1n) is 5.54. The van der Waals surface area contributed by atoms with Gasteiger partial charge in [0.05, 0.1) is 0 Å². The summed E-state index contributed by atoms with van der Waals surface area (Å²) in [5, 5.41) is 34.1. The Morgan fingerprint density at radius 3 is 1.50 bits per heavy atom. The lowest BCUT2D eigenvalue weighted by Gasteiger charge is -2.28. The summed E-state index contributed by atoms with van der Waals surface area (Å²) in [5.74, 6) is -1.60. The standard InChI is InChI=1S/C9H19N7O4/c10-5(14-18)1-3-9(8(13)17,7(12)16-20)4-2-6(11)15-19/h18-20H,1-4H2,(H2,10,14)(H2,11,15)(H2,12,16)(H2,13,17). The summed E-state index contributed by atoms with van der Waals surface area (Å²) >= 11 is 0. The van der Waals surface area contributed by atoms with Crippen molar-refractivity contribution < 1.29 is 20.4 Å². The van der Waals surface area contributed by atoms with E-state index in [4.69, 9.17) is 38.6 Å². The third-order valence-electron chi connectivity index (χ3n) is 2.94. The molecule has 0 aliphatic heterocycles. The summed E-state index contributed by atoms with van der Waals surface area (Å²) in [6, 6.07) is 0. The fourth-order valence-corrected chi connectivity index (χ4v) is 1.63. The molecule has 11 nitrogen and oxygen atoms in total. The van der Waals surface area contributed by atoms with E-state index < -0.39 is 17.2 Å². The van der Waals surface area contributed by atoms with Crippen molar-refractivity contribution in [1.82, 2.24) is 0 Å². The second-order valence-electron chi connectivity index (χ2n) is 4.11. The summed E-state index contributed by atoms with van der Waals surface area (Å²) in [6.07, 6.45) is -0.169. The molecule has 0 spiro atoms. The maximum absolute atomic E-state index is 11.7. The number of primary amides is 1. The normalized spacial score (nSPS) is 16.7. The van der Waals surface area contributed by atoms with Crippen LogP contribution in [-0.2, 0) is 4.79 Å². The predicted molar refractivity (Wildman–Crippen MR) is 70.3 cm³/mol. The Kier molecular flexibility index (Phi) is 6.62. The molecule has 1 amide bonds. The molecule has 0 aromatic rings. The highest BCUT2D eigenvalue weighted by Gasteiger charge is 2.41. The Hall–Kier alpha value is -2.72. The quantitative estimate of drug-likeness (QED) is 0.118. The first-order valence-corrected chi connectivity index (χ1v) is 5.54. The minimum absolute atomic E-state index is 0.0220. The highest BCUT2D eigenvalue weighted by atomic mass is 16.4. The fraction of sp³-hybridized carbons (Fsp3) is 0.556. The molecule has 20 heavy (non-hydrogen) atoms. The van der Waals surface area contributed by atoms with Gasteiger partial charge in [0.25, 0.3) is 0 Å². The Balaban J connectivity index is 5.32. The molecule has 114 valence electrons. The molecule has 0 aromatic heterocycles. The van der Waals surface area contributed by atoms with Crippen molar-refractivity contribution in [2.24, 2.45) is 43.8 Å². The topological polar surface area (TPSA) is 219 Å². The van der Waals surface area contributed by atoms with Crippen LogP contribution in [-0.4, -0.2) is 39.0 Å². The van der Waals surface area contributed by atoms with Crippen molar-refractivity contribution in [2.75, 3.05) is 0 Å². The van der Waals surface area contributed by atoms with E-state index in [1.165, 1.54) is 0 Å². The van der Waals surface area contributed by atoms with Crippen LogP contribution >= 0.6 is 0 Å².